The van der Waals surface area contributed by atoms with Gasteiger partial charge in [-0.1, -0.05) is 28.1 Å². The van der Waals surface area contributed by atoms with Crippen molar-refractivity contribution >= 4 is 32.8 Å². The smallest absolute Gasteiger partial charge is 0.232 e. The van der Waals surface area contributed by atoms with Gasteiger partial charge in [0.2, 0.25) is 5.24 Å². The molecule has 0 unspecified atom stereocenters. The fourth-order valence-corrected chi connectivity index (χ4v) is 2.21. The van der Waals surface area contributed by atoms with Crippen LogP contribution in [0.2, 0.25) is 0 Å². The molecule has 1 aromatic rings. The van der Waals surface area contributed by atoms with Gasteiger partial charge in [-0.2, -0.15) is 0 Å². The zero-order valence-corrected chi connectivity index (χ0v) is 9.23. The molecule has 0 saturated heterocycles. The average Bonchev–Trinajstić information content (AvgIpc) is 2.83. The van der Waals surface area contributed by atoms with Crippen LogP contribution in [0.1, 0.15) is 18.4 Å². The zero-order valence-electron chi connectivity index (χ0n) is 6.89. The first-order valence-electron chi connectivity index (χ1n) is 4.11. The molecule has 0 atom stereocenters. The first-order valence-corrected chi connectivity index (χ1v) is 5.28. The van der Waals surface area contributed by atoms with Crippen molar-refractivity contribution in [1.82, 2.24) is 0 Å². The Bertz CT molecular complexity index is 358. The molecule has 1 nitrogen and oxygen atoms in total. The van der Waals surface area contributed by atoms with Gasteiger partial charge >= 0.3 is 0 Å². The summed E-state index contributed by atoms with van der Waals surface area (Å²) in [5, 5.41) is -0.231. The number of carbonyl (C=O) groups is 1. The van der Waals surface area contributed by atoms with Crippen LogP contribution < -0.4 is 0 Å². The summed E-state index contributed by atoms with van der Waals surface area (Å²) in [5.41, 5.74) is 0.660. The van der Waals surface area contributed by atoms with Gasteiger partial charge < -0.3 is 0 Å². The lowest BCUT2D eigenvalue weighted by Gasteiger charge is -2.09. The lowest BCUT2D eigenvalue weighted by atomic mass is 9.98. The van der Waals surface area contributed by atoms with E-state index in [1.54, 1.807) is 0 Å². The summed E-state index contributed by atoms with van der Waals surface area (Å²) in [6, 6.07) is 7.79. The topological polar surface area (TPSA) is 17.1 Å². The van der Waals surface area contributed by atoms with Crippen molar-refractivity contribution < 1.29 is 4.79 Å². The number of hydrogen-bond donors (Lipinski definition) is 0. The van der Waals surface area contributed by atoms with Gasteiger partial charge in [-0.15, -0.1) is 0 Å². The first kappa shape index (κ1) is 9.22. The molecule has 0 aliphatic heterocycles. The van der Waals surface area contributed by atoms with Gasteiger partial charge in [-0.05, 0) is 42.1 Å². The van der Waals surface area contributed by atoms with Crippen molar-refractivity contribution in [2.24, 2.45) is 0 Å². The molecule has 1 aliphatic rings. The highest BCUT2D eigenvalue weighted by Crippen LogP contribution is 2.50. The van der Waals surface area contributed by atoms with Crippen LogP contribution in [0.4, 0.5) is 0 Å². The van der Waals surface area contributed by atoms with Crippen LogP contribution in [0.15, 0.2) is 28.7 Å². The van der Waals surface area contributed by atoms with Gasteiger partial charge in [0.1, 0.15) is 0 Å². The van der Waals surface area contributed by atoms with E-state index in [1.165, 1.54) is 0 Å². The Balaban J connectivity index is 2.41. The minimum absolute atomic E-state index is 0.231. The van der Waals surface area contributed by atoms with Gasteiger partial charge in [-0.25, -0.2) is 0 Å². The molecule has 3 heteroatoms. The van der Waals surface area contributed by atoms with E-state index >= 15 is 0 Å². The van der Waals surface area contributed by atoms with Crippen LogP contribution in [0, 0.1) is 0 Å². The molecule has 0 amide bonds. The van der Waals surface area contributed by atoms with E-state index in [0.717, 1.165) is 22.9 Å². The lowest BCUT2D eigenvalue weighted by Crippen LogP contribution is -2.14. The third-order valence-corrected chi connectivity index (χ3v) is 3.36. The van der Waals surface area contributed by atoms with E-state index in [-0.39, 0.29) is 10.7 Å². The number of hydrogen-bond acceptors (Lipinski definition) is 1. The normalized spacial score (nSPS) is 18.3. The fourth-order valence-electron chi connectivity index (χ4n) is 1.51. The minimum Gasteiger partial charge on any atom is -0.280 e. The summed E-state index contributed by atoms with van der Waals surface area (Å²) in [6.45, 7) is 0. The quantitative estimate of drug-likeness (QED) is 0.745. The van der Waals surface area contributed by atoms with Crippen molar-refractivity contribution in [1.29, 1.82) is 0 Å². The third kappa shape index (κ3) is 1.53. The highest BCUT2D eigenvalue weighted by molar-refractivity contribution is 9.10. The van der Waals surface area contributed by atoms with Crippen LogP contribution in [-0.2, 0) is 10.2 Å². The molecule has 0 radical (unpaired) electrons. The maximum atomic E-state index is 11.2. The van der Waals surface area contributed by atoms with Crippen molar-refractivity contribution in [2.45, 2.75) is 18.3 Å². The van der Waals surface area contributed by atoms with Gasteiger partial charge in [0.15, 0.2) is 0 Å². The van der Waals surface area contributed by atoms with E-state index in [1.807, 2.05) is 24.3 Å². The van der Waals surface area contributed by atoms with Gasteiger partial charge in [0, 0.05) is 4.47 Å². The first-order chi connectivity index (χ1) is 6.15. The Hall–Kier alpha value is -0.340. The molecule has 0 bridgehead atoms. The van der Waals surface area contributed by atoms with Crippen molar-refractivity contribution in [3.63, 3.8) is 0 Å². The standard InChI is InChI=1S/C10H8BrClO/c11-8-3-1-2-7(6-8)10(4-5-10)9(12)13/h1-3,6H,4-5H2. The van der Waals surface area contributed by atoms with Crippen molar-refractivity contribution in [3.8, 4) is 0 Å². The fraction of sp³-hybridized carbons (Fsp3) is 0.300. The SMILES string of the molecule is O=C(Cl)C1(c2cccc(Br)c2)CC1. The largest absolute Gasteiger partial charge is 0.280 e. The molecular weight excluding hydrogens is 251 g/mol. The number of benzene rings is 1. The summed E-state index contributed by atoms with van der Waals surface area (Å²) in [7, 11) is 0. The molecule has 1 saturated carbocycles. The summed E-state index contributed by atoms with van der Waals surface area (Å²) in [4.78, 5) is 11.2. The van der Waals surface area contributed by atoms with Crippen molar-refractivity contribution in [2.75, 3.05) is 0 Å². The maximum absolute atomic E-state index is 11.2. The van der Waals surface area contributed by atoms with E-state index in [2.05, 4.69) is 15.9 Å². The third-order valence-electron chi connectivity index (χ3n) is 2.50. The Kier molecular flexibility index (Phi) is 2.20. The highest BCUT2D eigenvalue weighted by atomic mass is 79.9. The summed E-state index contributed by atoms with van der Waals surface area (Å²) >= 11 is 8.94. The van der Waals surface area contributed by atoms with Crippen LogP contribution in [0.5, 0.6) is 0 Å². The van der Waals surface area contributed by atoms with E-state index < -0.39 is 0 Å². The second-order valence-electron chi connectivity index (χ2n) is 3.37. The molecule has 13 heavy (non-hydrogen) atoms. The van der Waals surface area contributed by atoms with Crippen LogP contribution in [0.25, 0.3) is 0 Å². The predicted molar refractivity (Wildman–Crippen MR) is 55.9 cm³/mol. The number of carbonyl (C=O) groups excluding carboxylic acids is 1. The summed E-state index contributed by atoms with van der Waals surface area (Å²) in [6.07, 6.45) is 1.76. The van der Waals surface area contributed by atoms with Gasteiger partial charge in [0.05, 0.1) is 5.41 Å². The molecule has 1 aromatic carbocycles. The molecule has 0 N–H and O–H groups in total. The van der Waals surface area contributed by atoms with Gasteiger partial charge in [-0.3, -0.25) is 4.79 Å². The second-order valence-corrected chi connectivity index (χ2v) is 4.63. The Labute approximate surface area is 90.2 Å². The summed E-state index contributed by atoms with van der Waals surface area (Å²) in [5.74, 6) is 0. The Morgan fingerprint density at radius 2 is 2.15 bits per heavy atom. The van der Waals surface area contributed by atoms with Crippen LogP contribution >= 0.6 is 27.5 Å². The molecular formula is C10H8BrClO. The summed E-state index contributed by atoms with van der Waals surface area (Å²) < 4.78 is 0.995. The highest BCUT2D eigenvalue weighted by Gasteiger charge is 2.50. The van der Waals surface area contributed by atoms with E-state index in [4.69, 9.17) is 11.6 Å². The zero-order chi connectivity index (χ0) is 9.47. The molecule has 0 aromatic heterocycles. The van der Waals surface area contributed by atoms with E-state index in [0.29, 0.717) is 0 Å². The maximum Gasteiger partial charge on any atom is 0.232 e. The molecule has 68 valence electrons. The molecule has 2 rings (SSSR count). The molecule has 1 fully saturated rings. The van der Waals surface area contributed by atoms with Crippen LogP contribution in [-0.4, -0.2) is 5.24 Å². The van der Waals surface area contributed by atoms with E-state index in [9.17, 15) is 4.79 Å². The van der Waals surface area contributed by atoms with Crippen LogP contribution in [0.3, 0.4) is 0 Å². The Morgan fingerprint density at radius 1 is 1.46 bits per heavy atom. The predicted octanol–water partition coefficient (Wildman–Crippen LogP) is 3.25. The minimum atomic E-state index is -0.370. The number of rotatable bonds is 2. The monoisotopic (exact) mass is 258 g/mol. The second kappa shape index (κ2) is 3.10. The molecule has 0 spiro atoms. The molecule has 1 aliphatic carbocycles. The lowest BCUT2D eigenvalue weighted by molar-refractivity contribution is -0.113. The molecule has 0 heterocycles. The Morgan fingerprint density at radius 3 is 2.62 bits per heavy atom. The van der Waals surface area contributed by atoms with Gasteiger partial charge in [0.25, 0.3) is 0 Å². The average molecular weight is 260 g/mol. The van der Waals surface area contributed by atoms with Crippen molar-refractivity contribution in [3.05, 3.63) is 34.3 Å². The number of halogens is 2.